The fourth-order valence-corrected chi connectivity index (χ4v) is 1.56. The van der Waals surface area contributed by atoms with E-state index in [0.29, 0.717) is 4.90 Å². The second-order valence-electron chi connectivity index (χ2n) is 2.98. The quantitative estimate of drug-likeness (QED) is 0.565. The molecule has 0 unspecified atom stereocenters. The van der Waals surface area contributed by atoms with Gasteiger partial charge in [-0.1, -0.05) is 0 Å². The molecule has 1 aliphatic heterocycles. The maximum Gasteiger partial charge on any atom is 0.408 e. The standard InChI is InChI=1S/C7H9NO6/c9-5(10)3-1-2-4(6(11)12)8(3)7(13)14/h3-4H,1-2H2,(H,9,10)(H,11,12)(H,13,14)/t3-,4-/m0/s1. The lowest BCUT2D eigenvalue weighted by atomic mass is 10.2. The van der Waals surface area contributed by atoms with E-state index in [9.17, 15) is 14.4 Å². The Morgan fingerprint density at radius 1 is 0.929 bits per heavy atom. The topological polar surface area (TPSA) is 115 Å². The van der Waals surface area contributed by atoms with E-state index in [-0.39, 0.29) is 12.8 Å². The van der Waals surface area contributed by atoms with Crippen LogP contribution in [0.25, 0.3) is 0 Å². The lowest BCUT2D eigenvalue weighted by Gasteiger charge is -2.21. The summed E-state index contributed by atoms with van der Waals surface area (Å²) in [5.74, 6) is -2.62. The minimum absolute atomic E-state index is 0.0403. The molecule has 78 valence electrons. The summed E-state index contributed by atoms with van der Waals surface area (Å²) in [5.41, 5.74) is 0. The molecule has 3 N–H and O–H groups in total. The molecule has 0 spiro atoms. The summed E-state index contributed by atoms with van der Waals surface area (Å²) in [6.45, 7) is 0. The third-order valence-electron chi connectivity index (χ3n) is 2.18. The first-order chi connectivity index (χ1) is 6.45. The number of likely N-dealkylation sites (tertiary alicyclic amines) is 1. The molecule has 2 atom stereocenters. The lowest BCUT2D eigenvalue weighted by Crippen LogP contribution is -2.47. The van der Waals surface area contributed by atoms with Crippen molar-refractivity contribution in [2.24, 2.45) is 0 Å². The van der Waals surface area contributed by atoms with Gasteiger partial charge in [-0.15, -0.1) is 0 Å². The van der Waals surface area contributed by atoms with E-state index in [1.54, 1.807) is 0 Å². The average molecular weight is 203 g/mol. The Morgan fingerprint density at radius 2 is 1.29 bits per heavy atom. The second kappa shape index (κ2) is 3.52. The molecule has 0 aromatic carbocycles. The van der Waals surface area contributed by atoms with Crippen LogP contribution >= 0.6 is 0 Å². The molecule has 1 saturated heterocycles. The second-order valence-corrected chi connectivity index (χ2v) is 2.98. The smallest absolute Gasteiger partial charge is 0.408 e. The molecule has 0 aliphatic carbocycles. The summed E-state index contributed by atoms with van der Waals surface area (Å²) in [6.07, 6.45) is -1.43. The number of carboxylic acid groups (broad SMARTS) is 3. The number of rotatable bonds is 2. The van der Waals surface area contributed by atoms with Gasteiger partial charge in [0.05, 0.1) is 0 Å². The van der Waals surface area contributed by atoms with E-state index < -0.39 is 30.1 Å². The molecule has 7 nitrogen and oxygen atoms in total. The lowest BCUT2D eigenvalue weighted by molar-refractivity contribution is -0.145. The largest absolute Gasteiger partial charge is 0.480 e. The Morgan fingerprint density at radius 3 is 1.50 bits per heavy atom. The Hall–Kier alpha value is -1.79. The molecule has 1 heterocycles. The fraction of sp³-hybridized carbons (Fsp3) is 0.571. The molecule has 1 aliphatic rings. The molecule has 0 aromatic rings. The highest BCUT2D eigenvalue weighted by atomic mass is 16.4. The fourth-order valence-electron chi connectivity index (χ4n) is 1.56. The van der Waals surface area contributed by atoms with E-state index in [1.165, 1.54) is 0 Å². The zero-order valence-corrected chi connectivity index (χ0v) is 7.08. The van der Waals surface area contributed by atoms with Gasteiger partial charge in [0.15, 0.2) is 0 Å². The third kappa shape index (κ3) is 1.61. The molecular weight excluding hydrogens is 194 g/mol. The van der Waals surface area contributed by atoms with Crippen molar-refractivity contribution < 1.29 is 29.7 Å². The number of amides is 1. The van der Waals surface area contributed by atoms with Crippen LogP contribution in [0.5, 0.6) is 0 Å². The SMILES string of the molecule is O=C(O)[C@@H]1CC[C@@H](C(=O)O)N1C(=O)O. The van der Waals surface area contributed by atoms with E-state index in [4.69, 9.17) is 15.3 Å². The van der Waals surface area contributed by atoms with Crippen molar-refractivity contribution in [2.75, 3.05) is 0 Å². The summed E-state index contributed by atoms with van der Waals surface area (Å²) in [7, 11) is 0. The molecular formula is C7H9NO6. The molecule has 1 rings (SSSR count). The van der Waals surface area contributed by atoms with Gasteiger partial charge in [0.2, 0.25) is 0 Å². The number of hydrogen-bond donors (Lipinski definition) is 3. The van der Waals surface area contributed by atoms with Crippen molar-refractivity contribution in [1.29, 1.82) is 0 Å². The first-order valence-electron chi connectivity index (χ1n) is 3.92. The molecule has 1 amide bonds. The Kier molecular flexibility index (Phi) is 2.59. The minimum Gasteiger partial charge on any atom is -0.480 e. The van der Waals surface area contributed by atoms with Gasteiger partial charge in [0.1, 0.15) is 12.1 Å². The van der Waals surface area contributed by atoms with Crippen molar-refractivity contribution in [3.8, 4) is 0 Å². The average Bonchev–Trinajstić information content (AvgIpc) is 2.46. The van der Waals surface area contributed by atoms with Gasteiger partial charge in [-0.2, -0.15) is 0 Å². The molecule has 7 heteroatoms. The van der Waals surface area contributed by atoms with Gasteiger partial charge in [-0.3, -0.25) is 4.90 Å². The van der Waals surface area contributed by atoms with Crippen LogP contribution in [0.2, 0.25) is 0 Å². The van der Waals surface area contributed by atoms with Crippen molar-refractivity contribution >= 4 is 18.0 Å². The van der Waals surface area contributed by atoms with Crippen molar-refractivity contribution in [1.82, 2.24) is 4.90 Å². The molecule has 14 heavy (non-hydrogen) atoms. The summed E-state index contributed by atoms with van der Waals surface area (Å²) in [4.78, 5) is 32.3. The Balaban J connectivity index is 2.90. The molecule has 1 fully saturated rings. The van der Waals surface area contributed by atoms with E-state index in [2.05, 4.69) is 0 Å². The van der Waals surface area contributed by atoms with E-state index >= 15 is 0 Å². The van der Waals surface area contributed by atoms with E-state index in [0.717, 1.165) is 0 Å². The van der Waals surface area contributed by atoms with Crippen molar-refractivity contribution in [3.05, 3.63) is 0 Å². The number of carbonyl (C=O) groups is 3. The molecule has 0 saturated carbocycles. The highest BCUT2D eigenvalue weighted by Crippen LogP contribution is 2.24. The monoisotopic (exact) mass is 203 g/mol. The number of hydrogen-bond acceptors (Lipinski definition) is 3. The Labute approximate surface area is 78.6 Å². The highest BCUT2D eigenvalue weighted by Gasteiger charge is 2.44. The highest BCUT2D eigenvalue weighted by molar-refractivity contribution is 5.86. The van der Waals surface area contributed by atoms with Crippen LogP contribution < -0.4 is 0 Å². The van der Waals surface area contributed by atoms with Gasteiger partial charge in [0, 0.05) is 0 Å². The predicted molar refractivity (Wildman–Crippen MR) is 41.9 cm³/mol. The van der Waals surface area contributed by atoms with Gasteiger partial charge >= 0.3 is 18.0 Å². The summed E-state index contributed by atoms with van der Waals surface area (Å²) in [6, 6.07) is -2.48. The van der Waals surface area contributed by atoms with Crippen LogP contribution in [0, 0.1) is 0 Å². The number of aliphatic carboxylic acids is 2. The first-order valence-corrected chi connectivity index (χ1v) is 3.92. The van der Waals surface area contributed by atoms with Crippen LogP contribution in [0.15, 0.2) is 0 Å². The number of carboxylic acids is 2. The van der Waals surface area contributed by atoms with Crippen LogP contribution in [-0.4, -0.2) is 50.3 Å². The Bertz CT molecular complexity index is 266. The predicted octanol–water partition coefficient (Wildman–Crippen LogP) is -0.333. The van der Waals surface area contributed by atoms with Gasteiger partial charge in [-0.05, 0) is 12.8 Å². The van der Waals surface area contributed by atoms with Gasteiger partial charge in [0.25, 0.3) is 0 Å². The maximum atomic E-state index is 10.6. The zero-order valence-electron chi connectivity index (χ0n) is 7.08. The maximum absolute atomic E-state index is 10.6. The molecule has 0 radical (unpaired) electrons. The van der Waals surface area contributed by atoms with Crippen LogP contribution in [0.1, 0.15) is 12.8 Å². The third-order valence-corrected chi connectivity index (χ3v) is 2.18. The van der Waals surface area contributed by atoms with Crippen LogP contribution in [-0.2, 0) is 9.59 Å². The first kappa shape index (κ1) is 10.3. The van der Waals surface area contributed by atoms with Crippen LogP contribution in [0.3, 0.4) is 0 Å². The van der Waals surface area contributed by atoms with Crippen LogP contribution in [0.4, 0.5) is 4.79 Å². The van der Waals surface area contributed by atoms with E-state index in [1.807, 2.05) is 0 Å². The van der Waals surface area contributed by atoms with Crippen molar-refractivity contribution in [2.45, 2.75) is 24.9 Å². The van der Waals surface area contributed by atoms with Crippen molar-refractivity contribution in [3.63, 3.8) is 0 Å². The molecule has 0 bridgehead atoms. The van der Waals surface area contributed by atoms with Gasteiger partial charge < -0.3 is 15.3 Å². The number of nitrogens with zero attached hydrogens (tertiary/aromatic N) is 1. The normalized spacial score (nSPS) is 26.1. The molecule has 0 aromatic heterocycles. The summed E-state index contributed by atoms with van der Waals surface area (Å²) in [5, 5.41) is 25.9. The summed E-state index contributed by atoms with van der Waals surface area (Å²) < 4.78 is 0. The zero-order chi connectivity index (χ0) is 10.9. The summed E-state index contributed by atoms with van der Waals surface area (Å²) >= 11 is 0. The van der Waals surface area contributed by atoms with Gasteiger partial charge in [-0.25, -0.2) is 14.4 Å². The minimum atomic E-state index is -1.51.